The minimum Gasteiger partial charge on any atom is -0.361 e. The molecule has 2 fully saturated rings. The Kier molecular flexibility index (Phi) is 11.0. The number of carbonyl (C=O) groups is 6. The van der Waals surface area contributed by atoms with E-state index < -0.39 is 72.7 Å². The van der Waals surface area contributed by atoms with E-state index in [-0.39, 0.29) is 25.8 Å². The number of fused-ring (bicyclic) bond motifs is 2. The maximum absolute atomic E-state index is 13.9. The Balaban J connectivity index is 1.29. The number of hydrogen-bond acceptors (Lipinski definition) is 7. The summed E-state index contributed by atoms with van der Waals surface area (Å²) in [6.45, 7) is -0.636. The number of nitrogens with one attached hydrogen (secondary N) is 6. The van der Waals surface area contributed by atoms with Gasteiger partial charge in [-0.3, -0.25) is 33.8 Å². The standard InChI is InChI=1S/C37H40N8O6/c46-32-22-41-36(50)31-13-7-15-45(31)37(51)30(17-24-10-6-14-38-19-24)43-33(47)21-40-34(48)29(18-25-20-39-27-12-5-4-11-26(25)27)44-35(49)28(42-32)16-23-8-2-1-3-9-23/h1-6,8-12,14,19-20,28-31,39H,7,13,15-18,21-22H2,(H,40,48)(H,41,50)(H,42,46)(H,43,47)(H,44,49)/t28-,29+,30-,31-/m0/s1. The van der Waals surface area contributed by atoms with Crippen molar-refractivity contribution in [2.45, 2.75) is 56.3 Å². The molecule has 0 bridgehead atoms. The lowest BCUT2D eigenvalue weighted by molar-refractivity contribution is -0.141. The van der Waals surface area contributed by atoms with Crippen molar-refractivity contribution in [3.8, 4) is 0 Å². The second-order valence-corrected chi connectivity index (χ2v) is 12.7. The second-order valence-electron chi connectivity index (χ2n) is 12.7. The molecule has 0 radical (unpaired) electrons. The van der Waals surface area contributed by atoms with Crippen LogP contribution in [0, 0.1) is 0 Å². The molecule has 0 spiro atoms. The van der Waals surface area contributed by atoms with Gasteiger partial charge in [0.15, 0.2) is 0 Å². The maximum atomic E-state index is 13.9. The third-order valence-corrected chi connectivity index (χ3v) is 9.15. The molecule has 4 heterocycles. The first-order valence-corrected chi connectivity index (χ1v) is 17.0. The van der Waals surface area contributed by atoms with E-state index in [1.165, 1.54) is 4.90 Å². The molecule has 4 atom stereocenters. The Hall–Kier alpha value is -6.05. The van der Waals surface area contributed by atoms with Gasteiger partial charge in [0.2, 0.25) is 35.4 Å². The van der Waals surface area contributed by atoms with Gasteiger partial charge >= 0.3 is 0 Å². The largest absolute Gasteiger partial charge is 0.361 e. The van der Waals surface area contributed by atoms with Crippen LogP contribution in [0.25, 0.3) is 10.9 Å². The zero-order chi connectivity index (χ0) is 35.7. The Morgan fingerprint density at radius 1 is 0.667 bits per heavy atom. The van der Waals surface area contributed by atoms with Crippen LogP contribution in [0.5, 0.6) is 0 Å². The number of nitrogens with zero attached hydrogens (tertiary/aromatic N) is 2. The Morgan fingerprint density at radius 3 is 2.10 bits per heavy atom. The smallest absolute Gasteiger partial charge is 0.246 e. The molecule has 264 valence electrons. The lowest BCUT2D eigenvalue weighted by Crippen LogP contribution is -2.58. The van der Waals surface area contributed by atoms with Gasteiger partial charge in [-0.2, -0.15) is 0 Å². The molecule has 2 aromatic carbocycles. The van der Waals surface area contributed by atoms with Crippen LogP contribution < -0.4 is 26.6 Å². The van der Waals surface area contributed by atoms with Crippen molar-refractivity contribution in [3.05, 3.63) is 102 Å². The molecule has 14 heteroatoms. The van der Waals surface area contributed by atoms with Gasteiger partial charge in [0, 0.05) is 55.3 Å². The van der Waals surface area contributed by atoms with Gasteiger partial charge in [-0.05, 0) is 41.7 Å². The van der Waals surface area contributed by atoms with E-state index in [9.17, 15) is 28.8 Å². The van der Waals surface area contributed by atoms with Crippen molar-refractivity contribution in [2.24, 2.45) is 0 Å². The molecular weight excluding hydrogens is 652 g/mol. The number of benzene rings is 2. The number of aromatic nitrogens is 2. The fourth-order valence-corrected chi connectivity index (χ4v) is 6.59. The average Bonchev–Trinajstić information content (AvgIpc) is 3.80. The van der Waals surface area contributed by atoms with E-state index in [2.05, 4.69) is 36.6 Å². The number of para-hydroxylation sites is 1. The van der Waals surface area contributed by atoms with E-state index in [1.54, 1.807) is 30.7 Å². The predicted molar refractivity (Wildman–Crippen MR) is 187 cm³/mol. The van der Waals surface area contributed by atoms with Gasteiger partial charge in [-0.15, -0.1) is 0 Å². The highest BCUT2D eigenvalue weighted by Crippen LogP contribution is 2.21. The van der Waals surface area contributed by atoms with Crippen molar-refractivity contribution >= 4 is 46.3 Å². The highest BCUT2D eigenvalue weighted by molar-refractivity contribution is 5.97. The van der Waals surface area contributed by atoms with E-state index >= 15 is 0 Å². The fourth-order valence-electron chi connectivity index (χ4n) is 6.59. The number of carbonyl (C=O) groups excluding carboxylic acids is 6. The van der Waals surface area contributed by atoms with Gasteiger partial charge in [0.05, 0.1) is 13.1 Å². The van der Waals surface area contributed by atoms with Crippen LogP contribution in [-0.2, 0) is 48.0 Å². The molecular formula is C37H40N8O6. The minimum atomic E-state index is -1.14. The molecule has 0 unspecified atom stereocenters. The summed E-state index contributed by atoms with van der Waals surface area (Å²) in [5, 5.41) is 14.4. The first kappa shape index (κ1) is 34.8. The molecule has 51 heavy (non-hydrogen) atoms. The van der Waals surface area contributed by atoms with Gasteiger partial charge in [-0.25, -0.2) is 0 Å². The van der Waals surface area contributed by atoms with Crippen molar-refractivity contribution in [1.82, 2.24) is 41.5 Å². The van der Waals surface area contributed by atoms with Gasteiger partial charge in [-0.1, -0.05) is 54.6 Å². The molecule has 14 nitrogen and oxygen atoms in total. The van der Waals surface area contributed by atoms with Crippen LogP contribution >= 0.6 is 0 Å². The summed E-state index contributed by atoms with van der Waals surface area (Å²) in [6, 6.07) is 15.9. The molecule has 6 N–H and O–H groups in total. The number of amides is 6. The van der Waals surface area contributed by atoms with E-state index in [4.69, 9.17) is 0 Å². The number of aromatic amines is 1. The van der Waals surface area contributed by atoms with Crippen LogP contribution in [0.3, 0.4) is 0 Å². The summed E-state index contributed by atoms with van der Waals surface area (Å²) < 4.78 is 0. The zero-order valence-electron chi connectivity index (χ0n) is 27.9. The molecule has 0 saturated carbocycles. The lowest BCUT2D eigenvalue weighted by atomic mass is 10.0. The number of H-pyrrole nitrogens is 1. The van der Waals surface area contributed by atoms with Crippen LogP contribution in [0.15, 0.2) is 85.3 Å². The second kappa shape index (κ2) is 16.1. The summed E-state index contributed by atoms with van der Waals surface area (Å²) in [5.41, 5.74) is 3.05. The van der Waals surface area contributed by atoms with Crippen LogP contribution in [0.4, 0.5) is 0 Å². The van der Waals surface area contributed by atoms with Crippen molar-refractivity contribution in [2.75, 3.05) is 19.6 Å². The monoisotopic (exact) mass is 692 g/mol. The third-order valence-electron chi connectivity index (χ3n) is 9.15. The number of pyridine rings is 1. The number of hydrogen-bond donors (Lipinski definition) is 6. The van der Waals surface area contributed by atoms with Crippen molar-refractivity contribution in [3.63, 3.8) is 0 Å². The molecule has 4 aromatic rings. The summed E-state index contributed by atoms with van der Waals surface area (Å²) in [5.74, 6) is -3.47. The molecule has 2 aromatic heterocycles. The highest BCUT2D eigenvalue weighted by Gasteiger charge is 2.38. The molecule has 6 rings (SSSR count). The Morgan fingerprint density at radius 2 is 1.33 bits per heavy atom. The number of rotatable bonds is 6. The Labute approximate surface area is 294 Å². The van der Waals surface area contributed by atoms with Crippen molar-refractivity contribution in [1.29, 1.82) is 0 Å². The molecule has 2 aliphatic rings. The quantitative estimate of drug-likeness (QED) is 0.167. The zero-order valence-corrected chi connectivity index (χ0v) is 27.9. The predicted octanol–water partition coefficient (Wildman–Crippen LogP) is 0.282. The van der Waals surface area contributed by atoms with Gasteiger partial charge in [0.25, 0.3) is 0 Å². The van der Waals surface area contributed by atoms with Crippen LogP contribution in [0.1, 0.15) is 29.5 Å². The van der Waals surface area contributed by atoms with Crippen LogP contribution in [0.2, 0.25) is 0 Å². The fraction of sp³-hybridized carbons (Fsp3) is 0.324. The first-order chi connectivity index (χ1) is 24.7. The van der Waals surface area contributed by atoms with Gasteiger partial charge in [0.1, 0.15) is 24.2 Å². The molecule has 0 aliphatic carbocycles. The van der Waals surface area contributed by atoms with Crippen molar-refractivity contribution < 1.29 is 28.8 Å². The summed E-state index contributed by atoms with van der Waals surface area (Å²) in [7, 11) is 0. The molecule has 2 saturated heterocycles. The molecule has 2 aliphatic heterocycles. The van der Waals surface area contributed by atoms with E-state index in [0.29, 0.717) is 18.4 Å². The Bertz CT molecular complexity index is 1900. The average molecular weight is 693 g/mol. The summed E-state index contributed by atoms with van der Waals surface area (Å²) >= 11 is 0. The maximum Gasteiger partial charge on any atom is 0.246 e. The minimum absolute atomic E-state index is 0.0731. The summed E-state index contributed by atoms with van der Waals surface area (Å²) in [4.78, 5) is 90.3. The van der Waals surface area contributed by atoms with Gasteiger partial charge < -0.3 is 36.5 Å². The summed E-state index contributed by atoms with van der Waals surface area (Å²) in [6.07, 6.45) is 6.15. The van der Waals surface area contributed by atoms with E-state index in [1.807, 2.05) is 54.6 Å². The molecule has 6 amide bonds. The van der Waals surface area contributed by atoms with Crippen LogP contribution in [-0.4, -0.2) is 94.1 Å². The topological polar surface area (TPSA) is 194 Å². The highest BCUT2D eigenvalue weighted by atomic mass is 16.2. The lowest BCUT2D eigenvalue weighted by Gasteiger charge is -2.29. The third kappa shape index (κ3) is 8.76. The normalized spacial score (nSPS) is 22.5. The SMILES string of the molecule is O=C1CNC(=O)[C@@H]2CCCN2C(=O)[C@H](Cc2cccnc2)NC(=O)CNC(=O)[C@@H](Cc2c[nH]c3ccccc23)NC(=O)[C@H](Cc2ccccc2)N1. The first-order valence-electron chi connectivity index (χ1n) is 17.0. The van der Waals surface area contributed by atoms with E-state index in [0.717, 1.165) is 22.0 Å².